The first kappa shape index (κ1) is 21.6. The van der Waals surface area contributed by atoms with Gasteiger partial charge in [-0.2, -0.15) is 15.0 Å². The van der Waals surface area contributed by atoms with Gasteiger partial charge >= 0.3 is 6.01 Å². The van der Waals surface area contributed by atoms with Crippen LogP contribution in [0.3, 0.4) is 0 Å². The summed E-state index contributed by atoms with van der Waals surface area (Å²) in [6.07, 6.45) is 1.40. The Morgan fingerprint density at radius 2 is 1.60 bits per heavy atom. The zero-order valence-electron chi connectivity index (χ0n) is 19.5. The molecular formula is C28H27N5O2. The van der Waals surface area contributed by atoms with Gasteiger partial charge in [-0.3, -0.25) is 0 Å². The molecule has 3 heterocycles. The van der Waals surface area contributed by atoms with Crippen LogP contribution in [-0.2, 0) is 17.6 Å². The van der Waals surface area contributed by atoms with E-state index in [0.717, 1.165) is 36.1 Å². The van der Waals surface area contributed by atoms with Crippen LogP contribution in [0, 0.1) is 0 Å². The number of anilines is 1. The van der Waals surface area contributed by atoms with Crippen molar-refractivity contribution in [1.29, 1.82) is 0 Å². The second-order valence-corrected chi connectivity index (χ2v) is 8.74. The summed E-state index contributed by atoms with van der Waals surface area (Å²) in [6.45, 7) is 3.37. The van der Waals surface area contributed by atoms with Gasteiger partial charge in [0.05, 0.1) is 19.8 Å². The highest BCUT2D eigenvalue weighted by Gasteiger charge is 2.18. The zero-order valence-corrected chi connectivity index (χ0v) is 19.5. The third-order valence-electron chi connectivity index (χ3n) is 6.34. The van der Waals surface area contributed by atoms with Gasteiger partial charge in [0, 0.05) is 47.7 Å². The van der Waals surface area contributed by atoms with E-state index in [1.807, 2.05) is 18.2 Å². The van der Waals surface area contributed by atoms with Crippen LogP contribution < -0.4 is 9.64 Å². The number of hydrogen-bond acceptors (Lipinski definition) is 6. The van der Waals surface area contributed by atoms with Gasteiger partial charge in [-0.05, 0) is 29.3 Å². The third-order valence-corrected chi connectivity index (χ3v) is 6.34. The first-order chi connectivity index (χ1) is 17.3. The van der Waals surface area contributed by atoms with E-state index >= 15 is 0 Å². The fourth-order valence-corrected chi connectivity index (χ4v) is 4.53. The van der Waals surface area contributed by atoms with Crippen molar-refractivity contribution in [3.8, 4) is 6.01 Å². The number of aromatic nitrogens is 4. The normalized spacial score (nSPS) is 14.0. The average Bonchev–Trinajstić information content (AvgIpc) is 3.28. The van der Waals surface area contributed by atoms with E-state index in [9.17, 15) is 0 Å². The lowest BCUT2D eigenvalue weighted by Gasteiger charge is -2.27. The van der Waals surface area contributed by atoms with Gasteiger partial charge in [-0.1, -0.05) is 54.6 Å². The number of morpholine rings is 1. The molecule has 0 amide bonds. The van der Waals surface area contributed by atoms with Gasteiger partial charge in [-0.15, -0.1) is 0 Å². The van der Waals surface area contributed by atoms with Crippen LogP contribution in [0.15, 0.2) is 72.8 Å². The van der Waals surface area contributed by atoms with E-state index in [2.05, 4.69) is 74.4 Å². The van der Waals surface area contributed by atoms with E-state index in [0.29, 0.717) is 44.0 Å². The van der Waals surface area contributed by atoms with Crippen molar-refractivity contribution >= 4 is 27.8 Å². The van der Waals surface area contributed by atoms with Crippen LogP contribution in [0.25, 0.3) is 21.8 Å². The van der Waals surface area contributed by atoms with Crippen molar-refractivity contribution in [2.75, 3.05) is 37.8 Å². The summed E-state index contributed by atoms with van der Waals surface area (Å²) < 4.78 is 11.5. The van der Waals surface area contributed by atoms with E-state index in [1.54, 1.807) is 0 Å². The number of hydrogen-bond donors (Lipinski definition) is 1. The number of nitrogens with one attached hydrogen (secondary N) is 1. The van der Waals surface area contributed by atoms with Crippen molar-refractivity contribution in [2.45, 2.75) is 12.8 Å². The fourth-order valence-electron chi connectivity index (χ4n) is 4.53. The van der Waals surface area contributed by atoms with Crippen LogP contribution in [0.4, 0.5) is 5.95 Å². The van der Waals surface area contributed by atoms with Crippen molar-refractivity contribution in [2.24, 2.45) is 0 Å². The number of fused-ring (bicyclic) bond motifs is 3. The lowest BCUT2D eigenvalue weighted by molar-refractivity contribution is 0.122. The van der Waals surface area contributed by atoms with E-state index < -0.39 is 0 Å². The van der Waals surface area contributed by atoms with Crippen LogP contribution in [0.1, 0.15) is 17.0 Å². The fraction of sp³-hybridized carbons (Fsp3) is 0.250. The molecule has 1 N–H and O–H groups in total. The minimum atomic E-state index is 0.376. The summed E-state index contributed by atoms with van der Waals surface area (Å²) >= 11 is 0. The van der Waals surface area contributed by atoms with Crippen LogP contribution in [0.2, 0.25) is 0 Å². The van der Waals surface area contributed by atoms with Crippen LogP contribution in [-0.4, -0.2) is 52.8 Å². The number of aromatic amines is 1. The van der Waals surface area contributed by atoms with Crippen LogP contribution in [0.5, 0.6) is 6.01 Å². The second kappa shape index (κ2) is 9.72. The minimum absolute atomic E-state index is 0.376. The number of ether oxygens (including phenoxy) is 2. The molecule has 6 rings (SSSR count). The Morgan fingerprint density at radius 1 is 0.800 bits per heavy atom. The quantitative estimate of drug-likeness (QED) is 0.380. The Labute approximate surface area is 203 Å². The maximum absolute atomic E-state index is 6.01. The van der Waals surface area contributed by atoms with E-state index in [1.165, 1.54) is 16.3 Å². The molecule has 0 unspecified atom stereocenters. The molecule has 0 saturated carbocycles. The predicted molar refractivity (Wildman–Crippen MR) is 137 cm³/mol. The van der Waals surface area contributed by atoms with Gasteiger partial charge in [0.2, 0.25) is 5.95 Å². The molecular weight excluding hydrogens is 438 g/mol. The highest BCUT2D eigenvalue weighted by atomic mass is 16.5. The molecule has 0 aliphatic carbocycles. The maximum Gasteiger partial charge on any atom is 0.321 e. The van der Waals surface area contributed by atoms with E-state index in [-0.39, 0.29) is 0 Å². The minimum Gasteiger partial charge on any atom is -0.463 e. The average molecular weight is 466 g/mol. The molecule has 0 atom stereocenters. The number of nitrogens with zero attached hydrogens (tertiary/aromatic N) is 4. The van der Waals surface area contributed by atoms with Gasteiger partial charge in [0.15, 0.2) is 0 Å². The highest BCUT2D eigenvalue weighted by molar-refractivity contribution is 6.07. The first-order valence-corrected chi connectivity index (χ1v) is 12.1. The maximum atomic E-state index is 6.01. The predicted octanol–water partition coefficient (Wildman–Crippen LogP) is 4.56. The van der Waals surface area contributed by atoms with Gasteiger partial charge in [0.25, 0.3) is 0 Å². The third kappa shape index (κ3) is 4.81. The summed E-state index contributed by atoms with van der Waals surface area (Å²) in [5.41, 5.74) is 4.65. The van der Waals surface area contributed by atoms with Crippen molar-refractivity contribution in [3.63, 3.8) is 0 Å². The van der Waals surface area contributed by atoms with Gasteiger partial charge in [-0.25, -0.2) is 0 Å². The molecule has 7 heteroatoms. The molecule has 7 nitrogen and oxygen atoms in total. The monoisotopic (exact) mass is 465 g/mol. The molecule has 1 saturated heterocycles. The number of H-pyrrole nitrogens is 1. The molecule has 3 aromatic carbocycles. The lowest BCUT2D eigenvalue weighted by atomic mass is 10.1. The largest absolute Gasteiger partial charge is 0.463 e. The molecule has 1 fully saturated rings. The number of benzene rings is 3. The highest BCUT2D eigenvalue weighted by Crippen LogP contribution is 2.27. The number of rotatable bonds is 7. The van der Waals surface area contributed by atoms with Crippen LogP contribution >= 0.6 is 0 Å². The molecule has 5 aromatic rings. The second-order valence-electron chi connectivity index (χ2n) is 8.74. The Kier molecular flexibility index (Phi) is 5.99. The van der Waals surface area contributed by atoms with Crippen molar-refractivity contribution < 1.29 is 9.47 Å². The molecule has 0 radical (unpaired) electrons. The summed E-state index contributed by atoms with van der Waals surface area (Å²) in [7, 11) is 0. The van der Waals surface area contributed by atoms with Crippen molar-refractivity contribution in [1.82, 2.24) is 19.9 Å². The first-order valence-electron chi connectivity index (χ1n) is 12.1. The molecule has 0 bridgehead atoms. The molecule has 1 aliphatic heterocycles. The topological polar surface area (TPSA) is 76.2 Å². The summed E-state index contributed by atoms with van der Waals surface area (Å²) in [6, 6.07) is 25.5. The zero-order chi connectivity index (χ0) is 23.5. The summed E-state index contributed by atoms with van der Waals surface area (Å²) in [5.74, 6) is 1.36. The Balaban J connectivity index is 1.27. The Bertz CT molecular complexity index is 1440. The molecule has 2 aromatic heterocycles. The molecule has 176 valence electrons. The van der Waals surface area contributed by atoms with Crippen molar-refractivity contribution in [3.05, 3.63) is 89.7 Å². The Hall–Kier alpha value is -3.97. The number of para-hydroxylation sites is 1. The van der Waals surface area contributed by atoms with Gasteiger partial charge < -0.3 is 19.4 Å². The molecule has 1 aliphatic rings. The molecule has 35 heavy (non-hydrogen) atoms. The standard InChI is InChI=1S/C28H27N5O2/c1-2-6-20(7-3-1)12-15-35-28-31-26(30-27(32-28)33-13-16-34-17-14-33)19-21-10-11-25-23(18-21)22-8-4-5-9-24(22)29-25/h1-11,18,29H,12-17,19H2. The summed E-state index contributed by atoms with van der Waals surface area (Å²) in [4.78, 5) is 19.7. The van der Waals surface area contributed by atoms with Gasteiger partial charge in [0.1, 0.15) is 5.82 Å². The SMILES string of the molecule is c1ccc(CCOc2nc(Cc3ccc4[nH]c5ccccc5c4c3)nc(N3CCOCC3)n2)cc1. The Morgan fingerprint density at radius 3 is 2.49 bits per heavy atom. The lowest BCUT2D eigenvalue weighted by Crippen LogP contribution is -2.37. The smallest absolute Gasteiger partial charge is 0.321 e. The molecule has 0 spiro atoms. The van der Waals surface area contributed by atoms with E-state index in [4.69, 9.17) is 14.5 Å². The summed E-state index contributed by atoms with van der Waals surface area (Å²) in [5, 5.41) is 2.43.